The second-order valence-corrected chi connectivity index (χ2v) is 6.19. The fourth-order valence-corrected chi connectivity index (χ4v) is 2.80. The van der Waals surface area contributed by atoms with Crippen LogP contribution in [0.5, 0.6) is 0 Å². The zero-order valence-corrected chi connectivity index (χ0v) is 11.4. The number of nitrogens with one attached hydrogen (secondary N) is 1. The second kappa shape index (κ2) is 5.66. The highest BCUT2D eigenvalue weighted by atomic mass is 32.1. The minimum atomic E-state index is 0.494. The summed E-state index contributed by atoms with van der Waals surface area (Å²) in [6.45, 7) is 12.3. The summed E-state index contributed by atoms with van der Waals surface area (Å²) >= 11 is 1.90. The van der Waals surface area contributed by atoms with Crippen LogP contribution in [0.25, 0.3) is 0 Å². The lowest BCUT2D eigenvalue weighted by Crippen LogP contribution is -2.21. The first-order valence-electron chi connectivity index (χ1n) is 5.81. The molecule has 0 aliphatic heterocycles. The Morgan fingerprint density at radius 2 is 1.93 bits per heavy atom. The Hall–Kier alpha value is -0.340. The molecule has 1 heterocycles. The van der Waals surface area contributed by atoms with E-state index in [1.807, 2.05) is 11.3 Å². The molecule has 1 nitrogen and oxygen atoms in total. The van der Waals surface area contributed by atoms with Crippen LogP contribution in [0.3, 0.4) is 0 Å². The van der Waals surface area contributed by atoms with E-state index < -0.39 is 0 Å². The van der Waals surface area contributed by atoms with Crippen LogP contribution in [0, 0.1) is 19.8 Å². The fourth-order valence-electron chi connectivity index (χ4n) is 1.78. The van der Waals surface area contributed by atoms with Crippen LogP contribution in [-0.4, -0.2) is 6.54 Å². The van der Waals surface area contributed by atoms with Crippen molar-refractivity contribution in [1.82, 2.24) is 5.32 Å². The lowest BCUT2D eigenvalue weighted by molar-refractivity contribution is 0.497. The van der Waals surface area contributed by atoms with Crippen LogP contribution >= 0.6 is 11.3 Å². The lowest BCUT2D eigenvalue weighted by Gasteiger charge is -2.14. The Labute approximate surface area is 97.9 Å². The van der Waals surface area contributed by atoms with Crippen molar-refractivity contribution in [2.24, 2.45) is 5.92 Å². The van der Waals surface area contributed by atoms with Gasteiger partial charge in [-0.1, -0.05) is 13.8 Å². The monoisotopic (exact) mass is 225 g/mol. The molecule has 1 aromatic rings. The minimum absolute atomic E-state index is 0.494. The molecule has 0 fully saturated rings. The Morgan fingerprint density at radius 1 is 1.27 bits per heavy atom. The van der Waals surface area contributed by atoms with E-state index in [2.05, 4.69) is 46.0 Å². The van der Waals surface area contributed by atoms with Crippen LogP contribution in [0.1, 0.15) is 48.6 Å². The summed E-state index contributed by atoms with van der Waals surface area (Å²) < 4.78 is 0. The van der Waals surface area contributed by atoms with Crippen LogP contribution in [0.2, 0.25) is 0 Å². The first-order valence-corrected chi connectivity index (χ1v) is 6.62. The molecule has 1 rings (SSSR count). The van der Waals surface area contributed by atoms with Gasteiger partial charge in [0, 0.05) is 15.8 Å². The Morgan fingerprint density at radius 3 is 2.40 bits per heavy atom. The van der Waals surface area contributed by atoms with E-state index in [-0.39, 0.29) is 0 Å². The molecular weight excluding hydrogens is 202 g/mol. The van der Waals surface area contributed by atoms with Gasteiger partial charge < -0.3 is 5.32 Å². The summed E-state index contributed by atoms with van der Waals surface area (Å²) in [6.07, 6.45) is 1.26. The van der Waals surface area contributed by atoms with Crippen LogP contribution < -0.4 is 5.32 Å². The van der Waals surface area contributed by atoms with E-state index in [0.29, 0.717) is 6.04 Å². The zero-order valence-electron chi connectivity index (χ0n) is 10.6. The Bertz CT molecular complexity index is 301. The molecule has 2 heteroatoms. The molecule has 0 aromatic carbocycles. The molecule has 0 aliphatic rings. The van der Waals surface area contributed by atoms with Crippen molar-refractivity contribution in [2.45, 2.75) is 47.1 Å². The fraction of sp³-hybridized carbons (Fsp3) is 0.692. The number of aryl methyl sites for hydroxylation is 2. The highest BCUT2D eigenvalue weighted by Crippen LogP contribution is 2.26. The maximum Gasteiger partial charge on any atom is 0.0302 e. The first-order chi connectivity index (χ1) is 7.00. The summed E-state index contributed by atoms with van der Waals surface area (Å²) in [5.41, 5.74) is 1.47. The largest absolute Gasteiger partial charge is 0.310 e. The molecule has 0 aliphatic carbocycles. The van der Waals surface area contributed by atoms with Gasteiger partial charge in [0.1, 0.15) is 0 Å². The van der Waals surface area contributed by atoms with Gasteiger partial charge in [0.05, 0.1) is 0 Å². The maximum atomic E-state index is 3.59. The predicted octanol–water partition coefficient (Wildman–Crippen LogP) is 4.06. The summed E-state index contributed by atoms with van der Waals surface area (Å²) in [5.74, 6) is 0.787. The van der Waals surface area contributed by atoms with Crippen molar-refractivity contribution in [3.63, 3.8) is 0 Å². The normalized spacial score (nSPS) is 13.5. The van der Waals surface area contributed by atoms with Gasteiger partial charge in [0.15, 0.2) is 0 Å². The molecule has 0 bridgehead atoms. The quantitative estimate of drug-likeness (QED) is 0.797. The molecule has 1 unspecified atom stereocenters. The molecule has 0 saturated heterocycles. The van der Waals surface area contributed by atoms with Gasteiger partial charge in [-0.2, -0.15) is 0 Å². The standard InChI is InChI=1S/C13H23NS/c1-9(2)6-7-14-11(4)13-8-10(3)15-12(13)5/h8-9,11,14H,6-7H2,1-5H3. The number of rotatable bonds is 5. The van der Waals surface area contributed by atoms with Crippen LogP contribution in [0.15, 0.2) is 6.07 Å². The third kappa shape index (κ3) is 3.96. The van der Waals surface area contributed by atoms with Gasteiger partial charge in [0.25, 0.3) is 0 Å². The van der Waals surface area contributed by atoms with Gasteiger partial charge in [-0.15, -0.1) is 11.3 Å². The molecule has 0 saturated carbocycles. The van der Waals surface area contributed by atoms with Crippen LogP contribution in [-0.2, 0) is 0 Å². The zero-order chi connectivity index (χ0) is 11.4. The summed E-state index contributed by atoms with van der Waals surface area (Å²) in [7, 11) is 0. The minimum Gasteiger partial charge on any atom is -0.310 e. The Kier molecular flexibility index (Phi) is 4.81. The van der Waals surface area contributed by atoms with Crippen molar-refractivity contribution >= 4 is 11.3 Å². The lowest BCUT2D eigenvalue weighted by atomic mass is 10.1. The number of hydrogen-bond acceptors (Lipinski definition) is 2. The molecule has 0 radical (unpaired) electrons. The topological polar surface area (TPSA) is 12.0 Å². The van der Waals surface area contributed by atoms with Gasteiger partial charge in [0.2, 0.25) is 0 Å². The summed E-state index contributed by atoms with van der Waals surface area (Å²) in [5, 5.41) is 3.59. The third-order valence-electron chi connectivity index (χ3n) is 2.72. The molecule has 15 heavy (non-hydrogen) atoms. The number of hydrogen-bond donors (Lipinski definition) is 1. The molecule has 1 atom stereocenters. The molecule has 86 valence electrons. The molecule has 0 spiro atoms. The SMILES string of the molecule is Cc1cc(C(C)NCCC(C)C)c(C)s1. The smallest absolute Gasteiger partial charge is 0.0302 e. The third-order valence-corrected chi connectivity index (χ3v) is 3.70. The molecule has 1 N–H and O–H groups in total. The van der Waals surface area contributed by atoms with E-state index in [0.717, 1.165) is 12.5 Å². The molecule has 0 amide bonds. The highest BCUT2D eigenvalue weighted by molar-refractivity contribution is 7.12. The van der Waals surface area contributed by atoms with Crippen molar-refractivity contribution in [3.8, 4) is 0 Å². The van der Waals surface area contributed by atoms with Gasteiger partial charge >= 0.3 is 0 Å². The summed E-state index contributed by atoms with van der Waals surface area (Å²) in [4.78, 5) is 2.87. The van der Waals surface area contributed by atoms with Gasteiger partial charge in [-0.05, 0) is 51.3 Å². The predicted molar refractivity (Wildman–Crippen MR) is 69.7 cm³/mol. The maximum absolute atomic E-state index is 3.59. The number of thiophene rings is 1. The van der Waals surface area contributed by atoms with Gasteiger partial charge in [-0.3, -0.25) is 0 Å². The molecular formula is C13H23NS. The average Bonchev–Trinajstić information content (AvgIpc) is 2.44. The van der Waals surface area contributed by atoms with E-state index >= 15 is 0 Å². The van der Waals surface area contributed by atoms with Crippen molar-refractivity contribution < 1.29 is 0 Å². The second-order valence-electron chi connectivity index (χ2n) is 4.73. The van der Waals surface area contributed by atoms with Crippen LogP contribution in [0.4, 0.5) is 0 Å². The van der Waals surface area contributed by atoms with E-state index in [9.17, 15) is 0 Å². The van der Waals surface area contributed by atoms with E-state index in [4.69, 9.17) is 0 Å². The first kappa shape index (κ1) is 12.7. The van der Waals surface area contributed by atoms with Crippen molar-refractivity contribution in [2.75, 3.05) is 6.54 Å². The van der Waals surface area contributed by atoms with Crippen molar-refractivity contribution in [1.29, 1.82) is 0 Å². The summed E-state index contributed by atoms with van der Waals surface area (Å²) in [6, 6.07) is 2.81. The van der Waals surface area contributed by atoms with Gasteiger partial charge in [-0.25, -0.2) is 0 Å². The highest BCUT2D eigenvalue weighted by Gasteiger charge is 2.10. The Balaban J connectivity index is 2.46. The van der Waals surface area contributed by atoms with E-state index in [1.54, 1.807) is 0 Å². The average molecular weight is 225 g/mol. The van der Waals surface area contributed by atoms with Crippen molar-refractivity contribution in [3.05, 3.63) is 21.4 Å². The van der Waals surface area contributed by atoms with E-state index in [1.165, 1.54) is 21.7 Å². The molecule has 1 aromatic heterocycles.